The SMILES string of the molecule is CCCCCCCCCCCCCCCCC(NC(=O)CCC(=O)O[C@@H](C(=O)O[C@H]1C[C@@]2(O)C(OC(=O)c3ccccc3)C3[C@](C)(C(=O)[C@H](C)C(=C1C)C2(C)C)[C@@H](O)C[C@H]1OC[C@@]31OC(C)=O)[C@@H](NC(=O)c1ccccc1)c1ccccc1)C(=O)O. The Morgan fingerprint density at radius 1 is 0.733 bits per heavy atom. The van der Waals surface area contributed by atoms with E-state index in [2.05, 4.69) is 17.6 Å². The van der Waals surface area contributed by atoms with Crippen LogP contribution in [0.5, 0.6) is 0 Å². The number of aliphatic hydroxyl groups excluding tert-OH is 1. The largest absolute Gasteiger partial charge is 0.480 e. The van der Waals surface area contributed by atoms with Crippen LogP contribution in [-0.2, 0) is 52.5 Å². The fraction of sp³-hybridized carbons (Fsp3) is 0.588. The van der Waals surface area contributed by atoms with Crippen molar-refractivity contribution < 1.29 is 77.4 Å². The third-order valence-electron chi connectivity index (χ3n) is 18.8. The fourth-order valence-electron chi connectivity index (χ4n) is 14.0. The Morgan fingerprint density at radius 3 is 1.81 bits per heavy atom. The number of carbonyl (C=O) groups is 8. The van der Waals surface area contributed by atoms with E-state index in [1.54, 1.807) is 107 Å². The number of amides is 2. The van der Waals surface area contributed by atoms with E-state index in [4.69, 9.17) is 23.7 Å². The Balaban J connectivity index is 1.16. The zero-order valence-corrected chi connectivity index (χ0v) is 51.1. The second-order valence-corrected chi connectivity index (χ2v) is 24.9. The minimum absolute atomic E-state index is 0.0796. The molecule has 3 fully saturated rings. The maximum atomic E-state index is 15.6. The number of aliphatic hydroxyl groups is 2. The maximum absolute atomic E-state index is 15.6. The van der Waals surface area contributed by atoms with Gasteiger partial charge in [0.25, 0.3) is 5.91 Å². The molecule has 3 aromatic carbocycles. The lowest BCUT2D eigenvalue weighted by molar-refractivity contribution is -0.345. The third-order valence-corrected chi connectivity index (χ3v) is 18.8. The van der Waals surface area contributed by atoms with Gasteiger partial charge in [0.05, 0.1) is 36.0 Å². The zero-order chi connectivity index (χ0) is 62.4. The van der Waals surface area contributed by atoms with Gasteiger partial charge in [-0.05, 0) is 61.2 Å². The highest BCUT2D eigenvalue weighted by Crippen LogP contribution is 2.65. The summed E-state index contributed by atoms with van der Waals surface area (Å²) < 4.78 is 31.2. The summed E-state index contributed by atoms with van der Waals surface area (Å²) in [4.78, 5) is 113. The van der Waals surface area contributed by atoms with Gasteiger partial charge in [-0.25, -0.2) is 14.4 Å². The first-order valence-corrected chi connectivity index (χ1v) is 31.1. The molecule has 1 aliphatic heterocycles. The van der Waals surface area contributed by atoms with E-state index in [1.165, 1.54) is 83.8 Å². The van der Waals surface area contributed by atoms with Crippen LogP contribution in [0.15, 0.2) is 102 Å². The summed E-state index contributed by atoms with van der Waals surface area (Å²) in [5, 5.41) is 41.7. The van der Waals surface area contributed by atoms with Gasteiger partial charge in [-0.15, -0.1) is 0 Å². The number of carboxylic acids is 1. The van der Waals surface area contributed by atoms with Gasteiger partial charge in [0, 0.05) is 43.1 Å². The Hall–Kier alpha value is -6.76. The number of rotatable bonds is 30. The van der Waals surface area contributed by atoms with Crippen molar-refractivity contribution in [2.45, 2.75) is 224 Å². The smallest absolute Gasteiger partial charge is 0.350 e. The fourth-order valence-corrected chi connectivity index (χ4v) is 14.0. The van der Waals surface area contributed by atoms with Gasteiger partial charge >= 0.3 is 29.8 Å². The average Bonchev–Trinajstić information content (AvgIpc) is 0.703. The number of ketones is 1. The maximum Gasteiger partial charge on any atom is 0.350 e. The highest BCUT2D eigenvalue weighted by atomic mass is 16.6. The molecule has 12 atom stereocenters. The summed E-state index contributed by atoms with van der Waals surface area (Å²) in [6.45, 7) is 11.3. The Kier molecular flexibility index (Phi) is 23.1. The van der Waals surface area contributed by atoms with Crippen LogP contribution in [0, 0.1) is 22.7 Å². The monoisotopic (exact) mass is 1190 g/mol. The number of carboxylic acid groups (broad SMARTS) is 1. The van der Waals surface area contributed by atoms with Crippen LogP contribution < -0.4 is 10.6 Å². The zero-order valence-electron chi connectivity index (χ0n) is 51.1. The second-order valence-electron chi connectivity index (χ2n) is 24.9. The molecule has 468 valence electrons. The normalized spacial score (nSPS) is 26.5. The topological polar surface area (TPSA) is 267 Å². The predicted molar refractivity (Wildman–Crippen MR) is 319 cm³/mol. The number of fused-ring (bicyclic) bond motifs is 5. The van der Waals surface area contributed by atoms with Gasteiger partial charge in [0.1, 0.15) is 41.8 Å². The Morgan fingerprint density at radius 2 is 1.28 bits per heavy atom. The summed E-state index contributed by atoms with van der Waals surface area (Å²) >= 11 is 0. The van der Waals surface area contributed by atoms with Crippen molar-refractivity contribution in [2.75, 3.05) is 6.61 Å². The molecule has 3 aliphatic carbocycles. The van der Waals surface area contributed by atoms with E-state index in [0.29, 0.717) is 23.1 Å². The molecule has 4 aliphatic rings. The van der Waals surface area contributed by atoms with Gasteiger partial charge in [0.2, 0.25) is 12.0 Å². The molecule has 86 heavy (non-hydrogen) atoms. The minimum Gasteiger partial charge on any atom is -0.480 e. The number of hydrogen-bond donors (Lipinski definition) is 5. The molecule has 7 rings (SSSR count). The van der Waals surface area contributed by atoms with Gasteiger partial charge in [-0.3, -0.25) is 24.0 Å². The minimum atomic E-state index is -2.33. The number of ether oxygens (including phenoxy) is 5. The van der Waals surface area contributed by atoms with E-state index in [1.807, 2.05) is 0 Å². The lowest BCUT2D eigenvalue weighted by Crippen LogP contribution is -2.81. The average molecular weight is 1190 g/mol. The van der Waals surface area contributed by atoms with Crippen LogP contribution in [0.2, 0.25) is 0 Å². The van der Waals surface area contributed by atoms with E-state index >= 15 is 9.59 Å². The summed E-state index contributed by atoms with van der Waals surface area (Å²) in [6.07, 6.45) is 6.56. The molecule has 2 saturated carbocycles. The molecule has 18 nitrogen and oxygen atoms in total. The number of nitrogens with one attached hydrogen (secondary N) is 2. The van der Waals surface area contributed by atoms with Crippen LogP contribution in [0.25, 0.3) is 0 Å². The van der Waals surface area contributed by atoms with E-state index in [9.17, 15) is 44.1 Å². The van der Waals surface area contributed by atoms with E-state index in [0.717, 1.165) is 25.7 Å². The number of carbonyl (C=O) groups excluding carboxylic acids is 7. The molecule has 1 heterocycles. The molecule has 1 saturated heterocycles. The van der Waals surface area contributed by atoms with Crippen LogP contribution in [0.3, 0.4) is 0 Å². The van der Waals surface area contributed by atoms with Crippen molar-refractivity contribution in [1.82, 2.24) is 10.6 Å². The number of aliphatic carboxylic acids is 1. The summed E-state index contributed by atoms with van der Waals surface area (Å²) in [5.74, 6) is -9.68. The standard InChI is InChI=1S/C68H90N2O16/c1-8-9-10-11-12-13-14-15-16-17-18-19-20-30-37-49(62(77)78)69-53(73)38-39-54(74)84-57(56(46-31-24-21-25-32-46)70-61(76)47-33-26-22-27-34-47)64(80)83-50-41-68(81)60(85-63(79)48-35-28-23-29-36-48)58-66(7,59(75)44(3)55(43(50)2)65(68,5)6)51(72)40-52-67(58,42-82-52)86-45(4)71/h21-29,31-36,44,49-52,56-58,60,72,81H,8-20,30,37-42H2,1-7H3,(H,69,73)(H,70,76)(H,77,78)/t44-,49?,50+,51+,52-,56+,57-,58?,60?,66-,67+,68-/m1/s1. The Bertz CT molecular complexity index is 2880. The molecule has 2 bridgehead atoms. The van der Waals surface area contributed by atoms with Crippen molar-refractivity contribution >= 4 is 47.4 Å². The van der Waals surface area contributed by atoms with Gasteiger partial charge < -0.3 is 49.6 Å². The number of Topliss-reactive ketones (excluding diaryl/α,β-unsaturated/α-hetero) is 1. The van der Waals surface area contributed by atoms with Crippen LogP contribution >= 0.6 is 0 Å². The van der Waals surface area contributed by atoms with Crippen LogP contribution in [0.4, 0.5) is 0 Å². The summed E-state index contributed by atoms with van der Waals surface area (Å²) in [5.41, 5.74) is -6.20. The van der Waals surface area contributed by atoms with Gasteiger partial charge in [0.15, 0.2) is 5.60 Å². The number of unbranched alkanes of at least 4 members (excludes halogenated alkanes) is 13. The Labute approximate surface area is 505 Å². The highest BCUT2D eigenvalue weighted by molar-refractivity contribution is 5.95. The molecule has 5 N–H and O–H groups in total. The van der Waals surface area contributed by atoms with Crippen molar-refractivity contribution in [3.05, 3.63) is 119 Å². The molecule has 2 amide bonds. The van der Waals surface area contributed by atoms with Gasteiger partial charge in [-0.2, -0.15) is 0 Å². The number of hydrogen-bond acceptors (Lipinski definition) is 15. The number of benzene rings is 3. The first-order valence-electron chi connectivity index (χ1n) is 31.1. The molecule has 0 aromatic heterocycles. The van der Waals surface area contributed by atoms with Crippen molar-refractivity contribution in [3.8, 4) is 0 Å². The quantitative estimate of drug-likeness (QED) is 0.0180. The summed E-state index contributed by atoms with van der Waals surface area (Å²) in [6, 6.07) is 21.6. The first-order chi connectivity index (χ1) is 41.0. The van der Waals surface area contributed by atoms with Crippen molar-refractivity contribution in [3.63, 3.8) is 0 Å². The summed E-state index contributed by atoms with van der Waals surface area (Å²) in [7, 11) is 0. The second kappa shape index (κ2) is 29.8. The lowest BCUT2D eigenvalue weighted by atomic mass is 9.43. The van der Waals surface area contributed by atoms with E-state index < -0.39 is 143 Å². The molecular formula is C68H90N2O16. The first kappa shape index (κ1) is 66.8. The predicted octanol–water partition coefficient (Wildman–Crippen LogP) is 10.2. The van der Waals surface area contributed by atoms with Crippen LogP contribution in [-0.4, -0.2) is 117 Å². The third kappa shape index (κ3) is 15.0. The molecule has 3 unspecified atom stereocenters. The van der Waals surface area contributed by atoms with Crippen LogP contribution in [0.1, 0.15) is 203 Å². The van der Waals surface area contributed by atoms with Gasteiger partial charge in [-0.1, -0.05) is 184 Å². The number of esters is 4. The van der Waals surface area contributed by atoms with E-state index in [-0.39, 0.29) is 30.6 Å². The lowest BCUT2D eigenvalue weighted by Gasteiger charge is -2.67. The van der Waals surface area contributed by atoms with Crippen molar-refractivity contribution in [2.24, 2.45) is 22.7 Å². The molecule has 0 spiro atoms. The molecular weight excluding hydrogens is 1100 g/mol. The molecule has 3 aromatic rings. The molecule has 0 radical (unpaired) electrons. The highest BCUT2D eigenvalue weighted by Gasteiger charge is 2.77. The molecule has 18 heteroatoms. The van der Waals surface area contributed by atoms with Crippen molar-refractivity contribution in [1.29, 1.82) is 0 Å².